The zero-order valence-electron chi connectivity index (χ0n) is 16.1. The van der Waals surface area contributed by atoms with Gasteiger partial charge in [0.2, 0.25) is 0 Å². The molecule has 29 heavy (non-hydrogen) atoms. The van der Waals surface area contributed by atoms with E-state index in [1.807, 2.05) is 6.07 Å². The van der Waals surface area contributed by atoms with Crippen molar-refractivity contribution in [2.45, 2.75) is 26.3 Å². The Balaban J connectivity index is 1.97. The molecule has 1 aliphatic heterocycles. The van der Waals surface area contributed by atoms with Crippen LogP contribution in [0.5, 0.6) is 5.75 Å². The quantitative estimate of drug-likeness (QED) is 0.517. The molecule has 0 radical (unpaired) electrons. The van der Waals surface area contributed by atoms with Gasteiger partial charge in [-0.1, -0.05) is 24.3 Å². The zero-order valence-corrected chi connectivity index (χ0v) is 17.0. The van der Waals surface area contributed by atoms with Crippen molar-refractivity contribution in [3.05, 3.63) is 41.2 Å². The predicted molar refractivity (Wildman–Crippen MR) is 111 cm³/mol. The molecule has 0 spiro atoms. The molecule has 4 rings (SSSR count). The molecule has 1 N–H and O–H groups in total. The maximum absolute atomic E-state index is 12.6. The molecule has 0 aliphatic carbocycles. The first-order chi connectivity index (χ1) is 13.8. The number of aliphatic imine (C=N–C) groups is 1. The van der Waals surface area contributed by atoms with Gasteiger partial charge < -0.3 is 14.3 Å². The second kappa shape index (κ2) is 7.18. The Morgan fingerprint density at radius 1 is 1.34 bits per heavy atom. The maximum atomic E-state index is 12.6. The van der Waals surface area contributed by atoms with Crippen molar-refractivity contribution >= 4 is 43.8 Å². The number of sulfone groups is 1. The molecule has 1 aromatic heterocycles. The highest BCUT2D eigenvalue weighted by Crippen LogP contribution is 2.40. The maximum Gasteiger partial charge on any atom is 0.342 e. The number of fused-ring (bicyclic) bond motifs is 3. The molecule has 1 atom stereocenters. The highest BCUT2D eigenvalue weighted by Gasteiger charge is 2.29. The molecule has 2 aromatic carbocycles. The van der Waals surface area contributed by atoms with Crippen molar-refractivity contribution in [2.75, 3.05) is 18.1 Å². The van der Waals surface area contributed by atoms with Crippen LogP contribution < -0.4 is 0 Å². The Hall–Kier alpha value is -2.87. The summed E-state index contributed by atoms with van der Waals surface area (Å²) >= 11 is 0. The van der Waals surface area contributed by atoms with Gasteiger partial charge in [-0.2, -0.15) is 0 Å². The Morgan fingerprint density at radius 3 is 2.72 bits per heavy atom. The Morgan fingerprint density at radius 2 is 2.07 bits per heavy atom. The molecule has 0 amide bonds. The van der Waals surface area contributed by atoms with Crippen LogP contribution in [0.15, 0.2) is 33.7 Å². The Labute approximate surface area is 167 Å². The lowest BCUT2D eigenvalue weighted by Gasteiger charge is -2.09. The highest BCUT2D eigenvalue weighted by atomic mass is 32.2. The van der Waals surface area contributed by atoms with Crippen LogP contribution in [0.3, 0.4) is 0 Å². The van der Waals surface area contributed by atoms with Crippen molar-refractivity contribution in [1.82, 2.24) is 0 Å². The van der Waals surface area contributed by atoms with Crippen molar-refractivity contribution in [3.63, 3.8) is 0 Å². The van der Waals surface area contributed by atoms with Gasteiger partial charge in [0, 0.05) is 27.9 Å². The van der Waals surface area contributed by atoms with Crippen LogP contribution in [0, 0.1) is 6.92 Å². The van der Waals surface area contributed by atoms with Gasteiger partial charge in [0.1, 0.15) is 22.7 Å². The van der Waals surface area contributed by atoms with Crippen LogP contribution in [0.4, 0.5) is 0 Å². The summed E-state index contributed by atoms with van der Waals surface area (Å²) in [6.07, 6.45) is 1.89. The van der Waals surface area contributed by atoms with Crippen LogP contribution in [0.2, 0.25) is 0 Å². The van der Waals surface area contributed by atoms with Crippen LogP contribution in [0.1, 0.15) is 35.0 Å². The number of hydrogen-bond acceptors (Lipinski definition) is 7. The van der Waals surface area contributed by atoms with Crippen molar-refractivity contribution in [2.24, 2.45) is 4.99 Å². The first kappa shape index (κ1) is 19.4. The average Bonchev–Trinajstić information content (AvgIpc) is 3.21. The monoisotopic (exact) mass is 415 g/mol. The van der Waals surface area contributed by atoms with Gasteiger partial charge in [-0.3, -0.25) is 4.99 Å². The second-order valence-corrected chi connectivity index (χ2v) is 9.33. The molecular formula is C21H21NO6S. The van der Waals surface area contributed by atoms with Gasteiger partial charge in [0.15, 0.2) is 9.84 Å². The summed E-state index contributed by atoms with van der Waals surface area (Å²) in [6, 6.07) is 6.80. The number of ether oxygens (including phenoxy) is 1. The smallest absolute Gasteiger partial charge is 0.342 e. The molecule has 3 aromatic rings. The number of hydrogen-bond donors (Lipinski definition) is 1. The summed E-state index contributed by atoms with van der Waals surface area (Å²) < 4.78 is 34.5. The number of rotatable bonds is 4. The van der Waals surface area contributed by atoms with Crippen molar-refractivity contribution in [1.29, 1.82) is 0 Å². The van der Waals surface area contributed by atoms with E-state index in [2.05, 4.69) is 4.99 Å². The van der Waals surface area contributed by atoms with E-state index in [-0.39, 0.29) is 35.5 Å². The number of benzene rings is 2. The van der Waals surface area contributed by atoms with Crippen LogP contribution >= 0.6 is 0 Å². The SMILES string of the molecule is CCOC(=O)c1c(C)oc2c1c(C=N[C@H]1CCS(=O)(=O)C1)c(O)c1ccccc12. The molecule has 2 heterocycles. The summed E-state index contributed by atoms with van der Waals surface area (Å²) in [6.45, 7) is 3.59. The largest absolute Gasteiger partial charge is 0.507 e. The topological polar surface area (TPSA) is 106 Å². The molecule has 152 valence electrons. The minimum atomic E-state index is -3.08. The highest BCUT2D eigenvalue weighted by molar-refractivity contribution is 7.91. The van der Waals surface area contributed by atoms with E-state index in [0.29, 0.717) is 39.5 Å². The summed E-state index contributed by atoms with van der Waals surface area (Å²) in [5.74, 6) is -0.115. The lowest BCUT2D eigenvalue weighted by Crippen LogP contribution is -2.08. The number of esters is 1. The number of phenolic OH excluding ortho intramolecular Hbond substituents is 1. The molecule has 1 saturated heterocycles. The number of aromatic hydroxyl groups is 1. The molecule has 8 heteroatoms. The Bertz CT molecular complexity index is 1260. The van der Waals surface area contributed by atoms with E-state index in [0.717, 1.165) is 0 Å². The number of carbonyl (C=O) groups is 1. The van der Waals surface area contributed by atoms with E-state index in [1.54, 1.807) is 32.0 Å². The number of aryl methyl sites for hydroxylation is 1. The first-order valence-corrected chi connectivity index (χ1v) is 11.2. The summed E-state index contributed by atoms with van der Waals surface area (Å²) in [5.41, 5.74) is 1.02. The number of phenols is 1. The fourth-order valence-corrected chi connectivity index (χ4v) is 5.43. The molecule has 1 fully saturated rings. The van der Waals surface area contributed by atoms with Gasteiger partial charge in [-0.05, 0) is 20.3 Å². The molecular weight excluding hydrogens is 394 g/mol. The van der Waals surface area contributed by atoms with E-state index in [9.17, 15) is 18.3 Å². The minimum absolute atomic E-state index is 0.0177. The zero-order chi connectivity index (χ0) is 20.8. The number of nitrogens with zero attached hydrogens (tertiary/aromatic N) is 1. The molecule has 7 nitrogen and oxygen atoms in total. The van der Waals surface area contributed by atoms with E-state index in [4.69, 9.17) is 9.15 Å². The first-order valence-electron chi connectivity index (χ1n) is 9.40. The van der Waals surface area contributed by atoms with Crippen LogP contribution in [-0.2, 0) is 14.6 Å². The molecule has 0 unspecified atom stereocenters. The number of furan rings is 1. The number of carbonyl (C=O) groups excluding carboxylic acids is 1. The van der Waals surface area contributed by atoms with E-state index >= 15 is 0 Å². The molecule has 0 saturated carbocycles. The van der Waals surface area contributed by atoms with Crippen molar-refractivity contribution in [3.8, 4) is 5.75 Å². The van der Waals surface area contributed by atoms with E-state index in [1.165, 1.54) is 6.21 Å². The van der Waals surface area contributed by atoms with Crippen molar-refractivity contribution < 1.29 is 27.5 Å². The summed E-state index contributed by atoms with van der Waals surface area (Å²) in [5, 5.41) is 12.6. The van der Waals surface area contributed by atoms with Gasteiger partial charge >= 0.3 is 5.97 Å². The van der Waals surface area contributed by atoms with Gasteiger partial charge in [0.05, 0.1) is 24.2 Å². The van der Waals surface area contributed by atoms with Crippen LogP contribution in [0.25, 0.3) is 21.7 Å². The normalized spacial score (nSPS) is 18.8. The second-order valence-electron chi connectivity index (χ2n) is 7.10. The van der Waals surface area contributed by atoms with E-state index < -0.39 is 15.8 Å². The lowest BCUT2D eigenvalue weighted by molar-refractivity contribution is 0.0526. The molecule has 1 aliphatic rings. The third-order valence-corrected chi connectivity index (χ3v) is 6.89. The van der Waals surface area contributed by atoms with Crippen LogP contribution in [-0.4, -0.2) is 49.9 Å². The summed E-state index contributed by atoms with van der Waals surface area (Å²) in [7, 11) is -3.08. The van der Waals surface area contributed by atoms with Gasteiger partial charge in [0.25, 0.3) is 0 Å². The Kier molecular flexibility index (Phi) is 4.82. The van der Waals surface area contributed by atoms with Gasteiger partial charge in [-0.15, -0.1) is 0 Å². The third-order valence-electron chi connectivity index (χ3n) is 5.14. The average molecular weight is 415 g/mol. The lowest BCUT2D eigenvalue weighted by atomic mass is 9.98. The van der Waals surface area contributed by atoms with Gasteiger partial charge in [-0.25, -0.2) is 13.2 Å². The fourth-order valence-electron chi connectivity index (χ4n) is 3.79. The predicted octanol–water partition coefficient (Wildman–Crippen LogP) is 3.38. The fraction of sp³-hybridized carbons (Fsp3) is 0.333. The summed E-state index contributed by atoms with van der Waals surface area (Å²) in [4.78, 5) is 17.0. The standard InChI is InChI=1S/C21H21NO6S/c1-3-27-21(24)17-12(2)28-20-15-7-5-4-6-14(15)19(23)16(18(17)20)10-22-13-8-9-29(25,26)11-13/h4-7,10,13,23H,3,8-9,11H2,1-2H3/t13-/m0/s1. The molecule has 0 bridgehead atoms. The minimum Gasteiger partial charge on any atom is -0.507 e. The third kappa shape index (κ3) is 3.37.